The Balaban J connectivity index is 3.33. The van der Waals surface area contributed by atoms with Gasteiger partial charge in [-0.05, 0) is 6.92 Å². The molecule has 76 valence electrons. The number of halogens is 3. The number of nitrogens with zero attached hydrogens (tertiary/aromatic N) is 2. The molecule has 0 spiro atoms. The maximum absolute atomic E-state index is 13.1. The average Bonchev–Trinajstić information content (AvgIpc) is 2.08. The number of hydrogen-bond acceptors (Lipinski definition) is 3. The third kappa shape index (κ3) is 1.66. The highest BCUT2D eigenvalue weighted by molar-refractivity contribution is 5.36. The van der Waals surface area contributed by atoms with Gasteiger partial charge in [-0.1, -0.05) is 0 Å². The minimum absolute atomic E-state index is 0.490. The van der Waals surface area contributed by atoms with Crippen molar-refractivity contribution in [1.82, 2.24) is 4.98 Å². The van der Waals surface area contributed by atoms with E-state index >= 15 is 0 Å². The molecule has 1 heterocycles. The minimum atomic E-state index is -2.94. The highest BCUT2D eigenvalue weighted by Gasteiger charge is 2.23. The molecular weight excluding hydrogens is 201 g/mol. The van der Waals surface area contributed by atoms with E-state index in [9.17, 15) is 23.3 Å². The Morgan fingerprint density at radius 1 is 1.57 bits per heavy atom. The van der Waals surface area contributed by atoms with Gasteiger partial charge in [0.05, 0.1) is 4.92 Å². The van der Waals surface area contributed by atoms with Crippen molar-refractivity contribution in [3.63, 3.8) is 0 Å². The van der Waals surface area contributed by atoms with Crippen LogP contribution in [-0.4, -0.2) is 9.91 Å². The van der Waals surface area contributed by atoms with Crippen molar-refractivity contribution in [1.29, 1.82) is 0 Å². The molecule has 0 radical (unpaired) electrons. The van der Waals surface area contributed by atoms with Gasteiger partial charge in [0.15, 0.2) is 0 Å². The normalized spacial score (nSPS) is 10.6. The summed E-state index contributed by atoms with van der Waals surface area (Å²) in [7, 11) is 0. The number of pyridine rings is 1. The van der Waals surface area contributed by atoms with Gasteiger partial charge in [-0.25, -0.2) is 13.8 Å². The van der Waals surface area contributed by atoms with E-state index in [0.717, 1.165) is 6.92 Å². The van der Waals surface area contributed by atoms with Gasteiger partial charge in [0.1, 0.15) is 11.9 Å². The standard InChI is InChI=1S/C7H5F3N2O2/c1-3-5(8)4(12(13)14)2-11-6(3)7(9)10/h2,7H,1H3. The van der Waals surface area contributed by atoms with Gasteiger partial charge >= 0.3 is 5.69 Å². The largest absolute Gasteiger partial charge is 0.323 e. The van der Waals surface area contributed by atoms with Gasteiger partial charge in [0.25, 0.3) is 6.43 Å². The van der Waals surface area contributed by atoms with E-state index in [0.29, 0.717) is 6.20 Å². The molecule has 0 unspecified atom stereocenters. The fraction of sp³-hybridized carbons (Fsp3) is 0.286. The lowest BCUT2D eigenvalue weighted by atomic mass is 10.2. The highest BCUT2D eigenvalue weighted by atomic mass is 19.3. The van der Waals surface area contributed by atoms with Crippen LogP contribution in [0.4, 0.5) is 18.9 Å². The van der Waals surface area contributed by atoms with Gasteiger partial charge in [-0.3, -0.25) is 10.1 Å². The van der Waals surface area contributed by atoms with Crippen LogP contribution in [0.3, 0.4) is 0 Å². The second-order valence-electron chi connectivity index (χ2n) is 2.53. The summed E-state index contributed by atoms with van der Waals surface area (Å²) in [5.41, 5.74) is -2.16. The van der Waals surface area contributed by atoms with E-state index in [1.54, 1.807) is 0 Å². The maximum atomic E-state index is 13.1. The zero-order valence-corrected chi connectivity index (χ0v) is 7.00. The molecule has 0 aromatic carbocycles. The van der Waals surface area contributed by atoms with Crippen LogP contribution in [-0.2, 0) is 0 Å². The topological polar surface area (TPSA) is 56.0 Å². The lowest BCUT2D eigenvalue weighted by molar-refractivity contribution is -0.388. The Hall–Kier alpha value is -1.66. The van der Waals surface area contributed by atoms with Gasteiger partial charge in [0.2, 0.25) is 5.82 Å². The Labute approximate surface area is 76.5 Å². The first-order valence-corrected chi connectivity index (χ1v) is 3.52. The molecule has 1 rings (SSSR count). The molecule has 0 aliphatic rings. The zero-order chi connectivity index (χ0) is 10.9. The third-order valence-corrected chi connectivity index (χ3v) is 1.67. The van der Waals surface area contributed by atoms with Gasteiger partial charge in [-0.15, -0.1) is 0 Å². The number of alkyl halides is 2. The number of hydrogen-bond donors (Lipinski definition) is 0. The summed E-state index contributed by atoms with van der Waals surface area (Å²) in [5, 5.41) is 10.2. The molecule has 4 nitrogen and oxygen atoms in total. The predicted molar refractivity (Wildman–Crippen MR) is 40.5 cm³/mol. The molecule has 1 aromatic rings. The molecule has 0 bridgehead atoms. The van der Waals surface area contributed by atoms with E-state index in [1.807, 2.05) is 0 Å². The number of nitro groups is 1. The van der Waals surface area contributed by atoms with Crippen LogP contribution >= 0.6 is 0 Å². The first-order valence-electron chi connectivity index (χ1n) is 3.52. The molecular formula is C7H5F3N2O2. The Morgan fingerprint density at radius 3 is 2.57 bits per heavy atom. The van der Waals surface area contributed by atoms with E-state index in [4.69, 9.17) is 0 Å². The molecule has 0 atom stereocenters. The van der Waals surface area contributed by atoms with E-state index in [2.05, 4.69) is 4.98 Å². The summed E-state index contributed by atoms with van der Waals surface area (Å²) >= 11 is 0. The highest BCUT2D eigenvalue weighted by Crippen LogP contribution is 2.26. The third-order valence-electron chi connectivity index (χ3n) is 1.67. The Bertz CT molecular complexity index is 381. The van der Waals surface area contributed by atoms with Gasteiger partial charge < -0.3 is 0 Å². The molecule has 0 N–H and O–H groups in total. The summed E-state index contributed by atoms with van der Waals surface area (Å²) in [5.74, 6) is -1.26. The first kappa shape index (κ1) is 10.4. The van der Waals surface area contributed by atoms with Crippen LogP contribution in [0.25, 0.3) is 0 Å². The fourth-order valence-corrected chi connectivity index (χ4v) is 0.936. The number of rotatable bonds is 2. The molecule has 0 amide bonds. The quantitative estimate of drug-likeness (QED) is 0.551. The van der Waals surface area contributed by atoms with E-state index in [-0.39, 0.29) is 0 Å². The Kier molecular flexibility index (Phi) is 2.68. The molecule has 0 saturated heterocycles. The Morgan fingerprint density at radius 2 is 2.14 bits per heavy atom. The van der Waals surface area contributed by atoms with Gasteiger partial charge in [-0.2, -0.15) is 4.39 Å². The molecule has 1 aromatic heterocycles. The van der Waals surface area contributed by atoms with Crippen LogP contribution in [0.2, 0.25) is 0 Å². The van der Waals surface area contributed by atoms with Crippen LogP contribution in [0.5, 0.6) is 0 Å². The van der Waals surface area contributed by atoms with Gasteiger partial charge in [0, 0.05) is 5.56 Å². The van der Waals surface area contributed by atoms with Crippen LogP contribution in [0.1, 0.15) is 17.7 Å². The van der Waals surface area contributed by atoms with Crippen LogP contribution < -0.4 is 0 Å². The second-order valence-corrected chi connectivity index (χ2v) is 2.53. The monoisotopic (exact) mass is 206 g/mol. The maximum Gasteiger partial charge on any atom is 0.323 e. The van der Waals surface area contributed by atoms with E-state index < -0.39 is 34.1 Å². The summed E-state index contributed by atoms with van der Waals surface area (Å²) in [4.78, 5) is 12.3. The summed E-state index contributed by atoms with van der Waals surface area (Å²) in [6.45, 7) is 1.02. The van der Waals surface area contributed by atoms with Crippen molar-refractivity contribution in [2.45, 2.75) is 13.3 Å². The molecule has 0 fully saturated rings. The smallest absolute Gasteiger partial charge is 0.258 e. The second kappa shape index (κ2) is 3.60. The minimum Gasteiger partial charge on any atom is -0.258 e. The van der Waals surface area contributed by atoms with Crippen molar-refractivity contribution >= 4 is 5.69 Å². The van der Waals surface area contributed by atoms with Crippen molar-refractivity contribution in [3.05, 3.63) is 33.4 Å². The predicted octanol–water partition coefficient (Wildman–Crippen LogP) is 2.37. The molecule has 14 heavy (non-hydrogen) atoms. The summed E-state index contributed by atoms with van der Waals surface area (Å²) in [6.07, 6.45) is -2.45. The molecule has 0 aliphatic carbocycles. The van der Waals surface area contributed by atoms with Crippen molar-refractivity contribution < 1.29 is 18.1 Å². The SMILES string of the molecule is Cc1c(C(F)F)ncc([N+](=O)[O-])c1F. The zero-order valence-electron chi connectivity index (χ0n) is 7.00. The lowest BCUT2D eigenvalue weighted by Crippen LogP contribution is -2.02. The average molecular weight is 206 g/mol. The van der Waals surface area contributed by atoms with Crippen LogP contribution in [0.15, 0.2) is 6.20 Å². The van der Waals surface area contributed by atoms with Crippen molar-refractivity contribution in [3.8, 4) is 0 Å². The summed E-state index contributed by atoms with van der Waals surface area (Å²) in [6, 6.07) is 0. The molecule has 7 heteroatoms. The lowest BCUT2D eigenvalue weighted by Gasteiger charge is -2.03. The van der Waals surface area contributed by atoms with E-state index in [1.165, 1.54) is 0 Å². The van der Waals surface area contributed by atoms with Crippen molar-refractivity contribution in [2.75, 3.05) is 0 Å². The summed E-state index contributed by atoms with van der Waals surface area (Å²) < 4.78 is 37.3. The molecule has 0 aliphatic heterocycles. The van der Waals surface area contributed by atoms with Crippen molar-refractivity contribution in [2.24, 2.45) is 0 Å². The fourth-order valence-electron chi connectivity index (χ4n) is 0.936. The van der Waals surface area contributed by atoms with Crippen LogP contribution in [0, 0.1) is 22.9 Å². The number of aromatic nitrogens is 1. The molecule has 0 saturated carbocycles. The first-order chi connectivity index (χ1) is 6.45.